The van der Waals surface area contributed by atoms with Crippen LogP contribution in [0, 0.1) is 13.8 Å². The minimum Gasteiger partial charge on any atom is -0.508 e. The van der Waals surface area contributed by atoms with Crippen LogP contribution < -0.4 is 10.4 Å². The first kappa shape index (κ1) is 24.3. The van der Waals surface area contributed by atoms with Crippen LogP contribution in [-0.2, 0) is 4.79 Å². The van der Waals surface area contributed by atoms with Crippen molar-refractivity contribution in [2.75, 3.05) is 5.01 Å². The molecule has 1 amide bonds. The second kappa shape index (κ2) is 9.80. The molecule has 174 valence electrons. The van der Waals surface area contributed by atoms with Gasteiger partial charge in [0, 0.05) is 5.02 Å². The second-order valence-corrected chi connectivity index (χ2v) is 9.20. The molecule has 1 heterocycles. The zero-order valence-electron chi connectivity index (χ0n) is 17.9. The summed E-state index contributed by atoms with van der Waals surface area (Å²) in [5.41, 5.74) is 5.70. The molecule has 1 atom stereocenters. The van der Waals surface area contributed by atoms with Gasteiger partial charge in [-0.05, 0) is 67.4 Å². The third kappa shape index (κ3) is 4.98. The number of halogens is 4. The van der Waals surface area contributed by atoms with E-state index >= 15 is 0 Å². The Labute approximate surface area is 215 Å². The van der Waals surface area contributed by atoms with Crippen molar-refractivity contribution in [1.82, 2.24) is 5.43 Å². The number of aryl methyl sites for hydroxylation is 2. The Balaban J connectivity index is 1.80. The standard InChI is InChI=1S/C23H17Cl4N5O2/c1-11-3-5-15(25)19(7-11)28-22-20(30-29-18-6-4-14(33)8-12(18)2)23(34)32(31-22)21-16(26)9-13(24)10-17(21)27/h3-10,20,33H,1-2H3,(H,28,31). The van der Waals surface area contributed by atoms with Gasteiger partial charge in [-0.1, -0.05) is 52.5 Å². The molecule has 1 saturated heterocycles. The van der Waals surface area contributed by atoms with E-state index in [1.54, 1.807) is 31.2 Å². The van der Waals surface area contributed by atoms with E-state index in [-0.39, 0.29) is 27.3 Å². The maximum atomic E-state index is 13.4. The summed E-state index contributed by atoms with van der Waals surface area (Å²) >= 11 is 25.0. The third-order valence-electron chi connectivity index (χ3n) is 4.95. The number of phenolic OH excluding ortho intramolecular Hbond substituents is 1. The van der Waals surface area contributed by atoms with Gasteiger partial charge in [-0.2, -0.15) is 10.2 Å². The van der Waals surface area contributed by atoms with Crippen LogP contribution in [0.3, 0.4) is 0 Å². The summed E-state index contributed by atoms with van der Waals surface area (Å²) in [5.74, 6) is -0.224. The number of rotatable bonds is 4. The van der Waals surface area contributed by atoms with Gasteiger partial charge in [-0.15, -0.1) is 0 Å². The molecule has 3 aromatic rings. The van der Waals surface area contributed by atoms with E-state index in [0.717, 1.165) is 10.6 Å². The predicted molar refractivity (Wildman–Crippen MR) is 137 cm³/mol. The first-order valence-electron chi connectivity index (χ1n) is 9.94. The van der Waals surface area contributed by atoms with E-state index in [2.05, 4.69) is 20.6 Å². The number of hydrazine groups is 1. The molecule has 1 aliphatic heterocycles. The molecule has 11 heteroatoms. The molecule has 7 nitrogen and oxygen atoms in total. The number of anilines is 1. The van der Waals surface area contributed by atoms with Crippen LogP contribution in [0.2, 0.25) is 20.1 Å². The Kier molecular flexibility index (Phi) is 7.00. The van der Waals surface area contributed by atoms with E-state index in [9.17, 15) is 9.90 Å². The van der Waals surface area contributed by atoms with E-state index in [1.807, 2.05) is 13.0 Å². The molecule has 0 saturated carbocycles. The fraction of sp³-hybridized carbons (Fsp3) is 0.130. The molecule has 2 N–H and O–H groups in total. The van der Waals surface area contributed by atoms with Crippen LogP contribution in [-0.4, -0.2) is 22.9 Å². The molecule has 0 aliphatic carbocycles. The highest BCUT2D eigenvalue weighted by atomic mass is 35.5. The monoisotopic (exact) mass is 535 g/mol. The minimum atomic E-state index is -1.13. The zero-order chi connectivity index (χ0) is 24.6. The maximum Gasteiger partial charge on any atom is 0.280 e. The highest BCUT2D eigenvalue weighted by Gasteiger charge is 2.41. The van der Waals surface area contributed by atoms with Crippen molar-refractivity contribution in [3.63, 3.8) is 0 Å². The van der Waals surface area contributed by atoms with Gasteiger partial charge < -0.3 is 5.11 Å². The molecule has 3 aromatic carbocycles. The van der Waals surface area contributed by atoms with E-state index in [1.165, 1.54) is 18.2 Å². The quantitative estimate of drug-likeness (QED) is 0.341. The number of carbonyl (C=O) groups is 1. The summed E-state index contributed by atoms with van der Waals surface area (Å²) in [6, 6.07) is 11.8. The third-order valence-corrected chi connectivity index (χ3v) is 6.06. The number of aromatic hydroxyl groups is 1. The summed E-state index contributed by atoms with van der Waals surface area (Å²) in [6.45, 7) is 3.67. The fourth-order valence-corrected chi connectivity index (χ4v) is 4.43. The van der Waals surface area contributed by atoms with Crippen LogP contribution >= 0.6 is 46.4 Å². The van der Waals surface area contributed by atoms with Crippen LogP contribution in [0.25, 0.3) is 0 Å². The largest absolute Gasteiger partial charge is 0.508 e. The van der Waals surface area contributed by atoms with Crippen molar-refractivity contribution in [2.45, 2.75) is 19.9 Å². The van der Waals surface area contributed by atoms with Gasteiger partial charge in [0.25, 0.3) is 5.91 Å². The Hall–Kier alpha value is -2.84. The lowest BCUT2D eigenvalue weighted by molar-refractivity contribution is -0.117. The number of hydrogen-bond acceptors (Lipinski definition) is 5. The molecular formula is C23H17Cl4N5O2. The maximum absolute atomic E-state index is 13.4. The Morgan fingerprint density at radius 1 is 0.912 bits per heavy atom. The number of benzene rings is 3. The SMILES string of the molecule is Cc1ccc(Cl)c(N=C2NN(c3c(Cl)cc(Cl)cc3Cl)C(=O)C2N=Nc2ccc(O)cc2C)c1. The smallest absolute Gasteiger partial charge is 0.280 e. The van der Waals surface area contributed by atoms with Crippen molar-refractivity contribution in [3.8, 4) is 5.75 Å². The molecule has 1 unspecified atom stereocenters. The first-order chi connectivity index (χ1) is 16.1. The topological polar surface area (TPSA) is 89.7 Å². The van der Waals surface area contributed by atoms with Crippen molar-refractivity contribution in [1.29, 1.82) is 0 Å². The lowest BCUT2D eigenvalue weighted by atomic mass is 10.2. The minimum absolute atomic E-state index is 0.101. The highest BCUT2D eigenvalue weighted by Crippen LogP contribution is 2.38. The van der Waals surface area contributed by atoms with Crippen LogP contribution in [0.15, 0.2) is 63.8 Å². The number of amides is 1. The van der Waals surface area contributed by atoms with Gasteiger partial charge in [0.2, 0.25) is 6.04 Å². The molecule has 0 aromatic heterocycles. The number of carbonyl (C=O) groups excluding carboxylic acids is 1. The van der Waals surface area contributed by atoms with Gasteiger partial charge in [-0.3, -0.25) is 10.2 Å². The lowest BCUT2D eigenvalue weighted by Crippen LogP contribution is -2.36. The average molecular weight is 537 g/mol. The van der Waals surface area contributed by atoms with Gasteiger partial charge in [-0.25, -0.2) is 10.0 Å². The average Bonchev–Trinajstić information content (AvgIpc) is 3.04. The Bertz CT molecular complexity index is 1340. The van der Waals surface area contributed by atoms with Gasteiger partial charge in [0.15, 0.2) is 5.84 Å². The molecule has 34 heavy (non-hydrogen) atoms. The van der Waals surface area contributed by atoms with Crippen molar-refractivity contribution < 1.29 is 9.90 Å². The second-order valence-electron chi connectivity index (χ2n) is 7.54. The van der Waals surface area contributed by atoms with Gasteiger partial charge in [0.05, 0.1) is 26.4 Å². The number of nitrogens with zero attached hydrogens (tertiary/aromatic N) is 4. The van der Waals surface area contributed by atoms with Crippen molar-refractivity contribution >= 4 is 75.2 Å². The van der Waals surface area contributed by atoms with Crippen LogP contribution in [0.4, 0.5) is 17.1 Å². The molecule has 1 aliphatic rings. The number of aliphatic imine (C=N–C) groups is 1. The number of phenols is 1. The Morgan fingerprint density at radius 2 is 1.62 bits per heavy atom. The summed E-state index contributed by atoms with van der Waals surface area (Å²) in [6.07, 6.45) is 0. The van der Waals surface area contributed by atoms with E-state index in [0.29, 0.717) is 27.0 Å². The summed E-state index contributed by atoms with van der Waals surface area (Å²) in [5, 5.41) is 20.3. The van der Waals surface area contributed by atoms with Gasteiger partial charge in [0.1, 0.15) is 11.4 Å². The summed E-state index contributed by atoms with van der Waals surface area (Å²) in [7, 11) is 0. The normalized spacial score (nSPS) is 17.1. The summed E-state index contributed by atoms with van der Waals surface area (Å²) < 4.78 is 0. The van der Waals surface area contributed by atoms with E-state index in [4.69, 9.17) is 46.4 Å². The van der Waals surface area contributed by atoms with E-state index < -0.39 is 11.9 Å². The molecule has 0 bridgehead atoms. The van der Waals surface area contributed by atoms with Crippen LogP contribution in [0.1, 0.15) is 11.1 Å². The highest BCUT2D eigenvalue weighted by molar-refractivity contribution is 6.43. The molecule has 4 rings (SSSR count). The Morgan fingerprint density at radius 3 is 2.29 bits per heavy atom. The number of amidine groups is 1. The summed E-state index contributed by atoms with van der Waals surface area (Å²) in [4.78, 5) is 18.0. The predicted octanol–water partition coefficient (Wildman–Crippen LogP) is 7.36. The van der Waals surface area contributed by atoms with Crippen molar-refractivity contribution in [3.05, 3.63) is 79.7 Å². The number of hydrogen-bond donors (Lipinski definition) is 2. The number of nitrogens with one attached hydrogen (secondary N) is 1. The molecule has 0 radical (unpaired) electrons. The number of azo groups is 1. The van der Waals surface area contributed by atoms with Crippen LogP contribution in [0.5, 0.6) is 5.75 Å². The fourth-order valence-electron chi connectivity index (χ4n) is 3.28. The molecule has 1 fully saturated rings. The zero-order valence-corrected chi connectivity index (χ0v) is 20.9. The molecular weight excluding hydrogens is 520 g/mol. The first-order valence-corrected chi connectivity index (χ1v) is 11.5. The lowest BCUT2D eigenvalue weighted by Gasteiger charge is -2.19. The van der Waals surface area contributed by atoms with Gasteiger partial charge >= 0.3 is 0 Å². The van der Waals surface area contributed by atoms with Crippen molar-refractivity contribution in [2.24, 2.45) is 15.2 Å². The molecule has 0 spiro atoms.